The van der Waals surface area contributed by atoms with Crippen LogP contribution in [0.2, 0.25) is 64.5 Å². The van der Waals surface area contributed by atoms with Crippen LogP contribution in [0.3, 0.4) is 0 Å². The van der Waals surface area contributed by atoms with E-state index >= 15 is 4.39 Å². The van der Waals surface area contributed by atoms with Gasteiger partial charge in [0.15, 0.2) is 28.2 Å². The Labute approximate surface area is 373 Å². The summed E-state index contributed by atoms with van der Waals surface area (Å²) in [5.41, 5.74) is 2.16. The van der Waals surface area contributed by atoms with E-state index < -0.39 is 69.0 Å². The standard InChI is InChI=1S/C46H58F2N2O9Si4/c1-31-15-18-34(29-40(31)47)49-43(51)36-20-16-32(27-38(36)45(49)53)33-17-21-37-39(28-33)46(54)50(44(37)52)35-19-22-42(41(48)30-35)56-24-12-14-26-61(5,6)58-63(9,10)59-62(7,8)57-60(3,4)25-13-11-23-55-2/h15-22,27-30H,11-14,23-26H2,1-10H3. The van der Waals surface area contributed by atoms with Gasteiger partial charge in [-0.1, -0.05) is 31.0 Å². The molecule has 0 aliphatic carbocycles. The van der Waals surface area contributed by atoms with Crippen LogP contribution in [-0.4, -0.2) is 77.7 Å². The summed E-state index contributed by atoms with van der Waals surface area (Å²) in [4.78, 5) is 55.7. The average molecular weight is 933 g/mol. The van der Waals surface area contributed by atoms with Crippen molar-refractivity contribution in [3.8, 4) is 16.9 Å². The van der Waals surface area contributed by atoms with Crippen LogP contribution in [0.25, 0.3) is 11.1 Å². The summed E-state index contributed by atoms with van der Waals surface area (Å²) in [5.74, 6) is -3.64. The van der Waals surface area contributed by atoms with Crippen molar-refractivity contribution in [2.45, 2.75) is 97.1 Å². The van der Waals surface area contributed by atoms with E-state index in [-0.39, 0.29) is 46.0 Å². The summed E-state index contributed by atoms with van der Waals surface area (Å²) in [6.07, 6.45) is 3.60. The normalized spacial score (nSPS) is 14.5. The summed E-state index contributed by atoms with van der Waals surface area (Å²) in [5, 5.41) is 0. The lowest BCUT2D eigenvalue weighted by molar-refractivity contribution is 0.0910. The second-order valence-corrected chi connectivity index (χ2v) is 34.4. The molecule has 6 rings (SSSR count). The third-order valence-corrected chi connectivity index (χ3v) is 26.4. The number of rotatable bonds is 20. The van der Waals surface area contributed by atoms with Crippen LogP contribution in [0, 0.1) is 18.6 Å². The second kappa shape index (κ2) is 18.9. The van der Waals surface area contributed by atoms with Crippen LogP contribution in [0.1, 0.15) is 72.7 Å². The van der Waals surface area contributed by atoms with E-state index in [1.165, 1.54) is 42.5 Å². The van der Waals surface area contributed by atoms with Gasteiger partial charge in [0.05, 0.1) is 40.2 Å². The Balaban J connectivity index is 1.02. The minimum Gasteiger partial charge on any atom is -0.491 e. The molecule has 2 aliphatic rings. The number of carbonyl (C=O) groups excluding carboxylic acids is 4. The van der Waals surface area contributed by atoms with Crippen molar-refractivity contribution in [3.05, 3.63) is 112 Å². The third-order valence-electron chi connectivity index (χ3n) is 11.0. The van der Waals surface area contributed by atoms with Gasteiger partial charge < -0.3 is 21.8 Å². The molecule has 0 atom stereocenters. The number of ether oxygens (including phenoxy) is 2. The lowest BCUT2D eigenvalue weighted by atomic mass is 9.97. The van der Waals surface area contributed by atoms with E-state index in [0.29, 0.717) is 23.1 Å². The number of carbonyl (C=O) groups is 4. The number of methoxy groups -OCH3 is 1. The van der Waals surface area contributed by atoms with E-state index in [9.17, 15) is 23.6 Å². The third kappa shape index (κ3) is 11.3. The fourth-order valence-corrected chi connectivity index (χ4v) is 28.0. The smallest absolute Gasteiger partial charge is 0.312 e. The van der Waals surface area contributed by atoms with Crippen LogP contribution in [0.5, 0.6) is 5.75 Å². The van der Waals surface area contributed by atoms with Gasteiger partial charge in [-0.3, -0.25) is 19.2 Å². The van der Waals surface area contributed by atoms with Crippen molar-refractivity contribution >= 4 is 68.8 Å². The van der Waals surface area contributed by atoms with E-state index in [2.05, 4.69) is 52.4 Å². The van der Waals surface area contributed by atoms with E-state index in [1.807, 2.05) is 0 Å². The number of aryl methyl sites for hydroxylation is 1. The van der Waals surface area contributed by atoms with Crippen molar-refractivity contribution in [3.63, 3.8) is 0 Å². The molecule has 17 heteroatoms. The number of hydrogen-bond acceptors (Lipinski definition) is 9. The number of hydrogen-bond donors (Lipinski definition) is 0. The van der Waals surface area contributed by atoms with Crippen LogP contribution < -0.4 is 14.5 Å². The van der Waals surface area contributed by atoms with Gasteiger partial charge in [0, 0.05) is 19.8 Å². The average Bonchev–Trinajstić information content (AvgIpc) is 3.59. The SMILES string of the molecule is COCCCC[Si](C)(C)O[Si](C)(C)O[Si](C)(C)O[Si](C)(C)CCCCOc1ccc(N2C(=O)c3ccc(-c4ccc5c(c4)C(=O)N(c4ccc(C)c(F)c4)C5=O)cc3C2=O)cc1F. The van der Waals surface area contributed by atoms with Crippen LogP contribution in [0.15, 0.2) is 72.8 Å². The highest BCUT2D eigenvalue weighted by Crippen LogP contribution is 2.37. The van der Waals surface area contributed by atoms with Gasteiger partial charge in [-0.25, -0.2) is 18.6 Å². The zero-order chi connectivity index (χ0) is 46.1. The van der Waals surface area contributed by atoms with Crippen molar-refractivity contribution in [2.75, 3.05) is 30.1 Å². The first-order valence-electron chi connectivity index (χ1n) is 21.4. The van der Waals surface area contributed by atoms with Crippen LogP contribution in [-0.2, 0) is 17.1 Å². The van der Waals surface area contributed by atoms with Gasteiger partial charge in [0.25, 0.3) is 23.6 Å². The molecule has 2 aliphatic heterocycles. The molecule has 0 N–H and O–H groups in total. The molecule has 0 fully saturated rings. The van der Waals surface area contributed by atoms with E-state index in [4.69, 9.17) is 21.8 Å². The van der Waals surface area contributed by atoms with Gasteiger partial charge in [-0.2, -0.15) is 0 Å². The fourth-order valence-electron chi connectivity index (χ4n) is 8.47. The fraction of sp³-hybridized carbons (Fsp3) is 0.391. The highest BCUT2D eigenvalue weighted by atomic mass is 28.5. The molecule has 0 saturated heterocycles. The van der Waals surface area contributed by atoms with Gasteiger partial charge in [0.1, 0.15) is 5.82 Å². The number of imide groups is 2. The van der Waals surface area contributed by atoms with Crippen molar-refractivity contribution < 1.29 is 49.8 Å². The summed E-state index contributed by atoms with van der Waals surface area (Å²) in [7, 11) is -7.23. The first kappa shape index (κ1) is 48.0. The Morgan fingerprint density at radius 2 is 0.952 bits per heavy atom. The van der Waals surface area contributed by atoms with Crippen molar-refractivity contribution in [1.82, 2.24) is 0 Å². The number of benzene rings is 4. The van der Waals surface area contributed by atoms with E-state index in [1.54, 1.807) is 32.2 Å². The Hall–Kier alpha value is -4.47. The number of anilines is 2. The maximum Gasteiger partial charge on any atom is 0.312 e. The zero-order valence-electron chi connectivity index (χ0n) is 37.9. The maximum atomic E-state index is 15.4. The predicted molar refractivity (Wildman–Crippen MR) is 250 cm³/mol. The molecule has 4 aromatic rings. The molecule has 2 heterocycles. The highest BCUT2D eigenvalue weighted by molar-refractivity contribution is 6.89. The molecule has 0 saturated carbocycles. The van der Waals surface area contributed by atoms with Gasteiger partial charge >= 0.3 is 17.1 Å². The molecular weight excluding hydrogens is 875 g/mol. The van der Waals surface area contributed by atoms with Crippen LogP contribution >= 0.6 is 0 Å². The lowest BCUT2D eigenvalue weighted by Gasteiger charge is -2.41. The van der Waals surface area contributed by atoms with Crippen molar-refractivity contribution in [1.29, 1.82) is 0 Å². The number of fused-ring (bicyclic) bond motifs is 2. The summed E-state index contributed by atoms with van der Waals surface area (Å²) >= 11 is 0. The maximum absolute atomic E-state index is 15.4. The first-order valence-corrected chi connectivity index (χ1v) is 33.2. The molecule has 0 bridgehead atoms. The molecular formula is C46H58F2N2O9Si4. The summed E-state index contributed by atoms with van der Waals surface area (Å²) in [6, 6.07) is 19.5. The number of halogens is 2. The van der Waals surface area contributed by atoms with Gasteiger partial charge in [-0.15, -0.1) is 0 Å². The minimum atomic E-state index is -2.50. The first-order chi connectivity index (χ1) is 29.5. The summed E-state index contributed by atoms with van der Waals surface area (Å²) in [6.45, 7) is 19.9. The molecule has 11 nitrogen and oxygen atoms in total. The predicted octanol–water partition coefficient (Wildman–Crippen LogP) is 11.0. The highest BCUT2D eigenvalue weighted by Gasteiger charge is 2.44. The minimum absolute atomic E-state index is 0.0143. The second-order valence-electron chi connectivity index (χ2n) is 18.3. The molecule has 4 amide bonds. The molecule has 0 unspecified atom stereocenters. The molecule has 336 valence electrons. The zero-order valence-corrected chi connectivity index (χ0v) is 41.9. The number of nitrogens with zero attached hydrogens (tertiary/aromatic N) is 2. The Morgan fingerprint density at radius 1 is 0.508 bits per heavy atom. The van der Waals surface area contributed by atoms with Gasteiger partial charge in [-0.05, 0) is 149 Å². The van der Waals surface area contributed by atoms with Gasteiger partial charge in [0.2, 0.25) is 0 Å². The Kier molecular flexibility index (Phi) is 14.4. The molecule has 0 aromatic heterocycles. The monoisotopic (exact) mass is 932 g/mol. The molecule has 4 aromatic carbocycles. The van der Waals surface area contributed by atoms with E-state index in [0.717, 1.165) is 59.9 Å². The molecule has 63 heavy (non-hydrogen) atoms. The lowest BCUT2D eigenvalue weighted by Crippen LogP contribution is -2.56. The van der Waals surface area contributed by atoms with Crippen LogP contribution in [0.4, 0.5) is 20.2 Å². The molecule has 0 spiro atoms. The topological polar surface area (TPSA) is 121 Å². The number of amides is 4. The Bertz CT molecular complexity index is 2430. The number of unbranched alkanes of at least 4 members (excludes halogenated alkanes) is 2. The Morgan fingerprint density at radius 3 is 1.41 bits per heavy atom. The largest absolute Gasteiger partial charge is 0.491 e. The quantitative estimate of drug-likeness (QED) is 0.0484. The van der Waals surface area contributed by atoms with Crippen molar-refractivity contribution in [2.24, 2.45) is 0 Å². The molecule has 0 radical (unpaired) electrons. The summed E-state index contributed by atoms with van der Waals surface area (Å²) < 4.78 is 61.0.